The van der Waals surface area contributed by atoms with E-state index < -0.39 is 4.92 Å². The number of allylic oxidation sites excluding steroid dienone is 1. The maximum atomic E-state index is 10.6. The van der Waals surface area contributed by atoms with Crippen LogP contribution in [0.1, 0.15) is 13.9 Å². The van der Waals surface area contributed by atoms with Crippen LogP contribution in [-0.4, -0.2) is 4.92 Å². The third kappa shape index (κ3) is 1.93. The molecule has 0 heterocycles. The maximum Gasteiger partial charge on any atom is 0.243 e. The standard InChI is InChI=1S/C13H11NO2/c1-10(14(15)16)9-12-7-4-6-11-5-2-3-8-13(11)12/h2-9H,1H3/i7D. The van der Waals surface area contributed by atoms with Crippen molar-refractivity contribution in [3.8, 4) is 0 Å². The highest BCUT2D eigenvalue weighted by Crippen LogP contribution is 2.20. The van der Waals surface area contributed by atoms with Gasteiger partial charge < -0.3 is 0 Å². The largest absolute Gasteiger partial charge is 0.259 e. The van der Waals surface area contributed by atoms with Gasteiger partial charge in [-0.1, -0.05) is 42.4 Å². The van der Waals surface area contributed by atoms with Crippen LogP contribution in [0.4, 0.5) is 0 Å². The third-order valence-corrected chi connectivity index (χ3v) is 2.39. The molecule has 0 saturated carbocycles. The predicted octanol–water partition coefficient (Wildman–Crippen LogP) is 3.48. The first kappa shape index (κ1) is 9.09. The van der Waals surface area contributed by atoms with Gasteiger partial charge in [0.15, 0.2) is 0 Å². The van der Waals surface area contributed by atoms with Crippen LogP contribution in [0.2, 0.25) is 0 Å². The minimum absolute atomic E-state index is 0.0369. The molecular weight excluding hydrogens is 202 g/mol. The molecule has 0 spiro atoms. The smallest absolute Gasteiger partial charge is 0.243 e. The van der Waals surface area contributed by atoms with Crippen LogP contribution in [0, 0.1) is 10.1 Å². The van der Waals surface area contributed by atoms with Crippen molar-refractivity contribution in [1.82, 2.24) is 0 Å². The Morgan fingerprint density at radius 1 is 1.38 bits per heavy atom. The van der Waals surface area contributed by atoms with Gasteiger partial charge in [-0.2, -0.15) is 0 Å². The second-order valence-electron chi connectivity index (χ2n) is 3.52. The molecule has 0 atom stereocenters. The van der Waals surface area contributed by atoms with Crippen LogP contribution in [0.15, 0.2) is 48.1 Å². The van der Waals surface area contributed by atoms with E-state index >= 15 is 0 Å². The monoisotopic (exact) mass is 214 g/mol. The van der Waals surface area contributed by atoms with Gasteiger partial charge in [0.25, 0.3) is 0 Å². The average molecular weight is 214 g/mol. The number of fused-ring (bicyclic) bond motifs is 1. The maximum absolute atomic E-state index is 10.6. The first-order chi connectivity index (χ1) is 8.09. The fourth-order valence-electron chi connectivity index (χ4n) is 1.57. The Hall–Kier alpha value is -2.16. The van der Waals surface area contributed by atoms with Gasteiger partial charge in [-0.05, 0) is 16.3 Å². The first-order valence-electron chi connectivity index (χ1n) is 5.40. The molecule has 0 amide bonds. The molecule has 0 bridgehead atoms. The Labute approximate surface area is 94.6 Å². The summed E-state index contributed by atoms with van der Waals surface area (Å²) in [5.74, 6) is 0. The van der Waals surface area contributed by atoms with Crippen molar-refractivity contribution in [3.05, 3.63) is 63.8 Å². The van der Waals surface area contributed by atoms with E-state index in [0.29, 0.717) is 11.6 Å². The second-order valence-corrected chi connectivity index (χ2v) is 3.52. The van der Waals surface area contributed by atoms with E-state index in [0.717, 1.165) is 10.8 Å². The number of benzene rings is 2. The first-order valence-corrected chi connectivity index (χ1v) is 4.90. The number of rotatable bonds is 2. The Morgan fingerprint density at radius 3 is 2.81 bits per heavy atom. The lowest BCUT2D eigenvalue weighted by atomic mass is 10.0. The molecule has 0 fully saturated rings. The van der Waals surface area contributed by atoms with Crippen LogP contribution >= 0.6 is 0 Å². The summed E-state index contributed by atoms with van der Waals surface area (Å²) in [7, 11) is 0. The molecule has 0 aromatic heterocycles. The van der Waals surface area contributed by atoms with Crippen LogP contribution < -0.4 is 0 Å². The molecule has 3 heteroatoms. The zero-order valence-corrected chi connectivity index (χ0v) is 8.81. The Kier molecular flexibility index (Phi) is 2.36. The molecule has 0 unspecified atom stereocenters. The molecule has 0 N–H and O–H groups in total. The lowest BCUT2D eigenvalue weighted by Crippen LogP contribution is -1.93. The molecule has 0 saturated heterocycles. The summed E-state index contributed by atoms with van der Waals surface area (Å²) in [5.41, 5.74) is 0.632. The molecule has 3 nitrogen and oxygen atoms in total. The van der Waals surface area contributed by atoms with Crippen molar-refractivity contribution in [2.45, 2.75) is 6.92 Å². The van der Waals surface area contributed by atoms with Crippen molar-refractivity contribution in [2.24, 2.45) is 0 Å². The molecule has 0 aliphatic carbocycles. The predicted molar refractivity (Wildman–Crippen MR) is 64.6 cm³/mol. The van der Waals surface area contributed by atoms with Crippen LogP contribution in [0.5, 0.6) is 0 Å². The lowest BCUT2D eigenvalue weighted by Gasteiger charge is -2.01. The fourth-order valence-corrected chi connectivity index (χ4v) is 1.57. The van der Waals surface area contributed by atoms with E-state index in [2.05, 4.69) is 0 Å². The number of nitrogens with zero attached hydrogens (tertiary/aromatic N) is 1. The summed E-state index contributed by atoms with van der Waals surface area (Å²) in [5, 5.41) is 12.5. The quantitative estimate of drug-likeness (QED) is 0.567. The van der Waals surface area contributed by atoms with Gasteiger partial charge in [0, 0.05) is 13.0 Å². The van der Waals surface area contributed by atoms with Crippen molar-refractivity contribution in [3.63, 3.8) is 0 Å². The zero-order valence-electron chi connectivity index (χ0n) is 9.81. The van der Waals surface area contributed by atoms with E-state index in [1.807, 2.05) is 30.3 Å². The summed E-state index contributed by atoms with van der Waals surface area (Å²) in [6.07, 6.45) is 1.45. The minimum Gasteiger partial charge on any atom is -0.259 e. The van der Waals surface area contributed by atoms with Crippen molar-refractivity contribution >= 4 is 16.8 Å². The van der Waals surface area contributed by atoms with E-state index in [1.165, 1.54) is 13.0 Å². The molecule has 2 aromatic carbocycles. The average Bonchev–Trinajstić information content (AvgIpc) is 2.32. The molecule has 2 rings (SSSR count). The summed E-state index contributed by atoms with van der Waals surface area (Å²) in [4.78, 5) is 10.2. The molecular formula is C13H11NO2. The van der Waals surface area contributed by atoms with Crippen molar-refractivity contribution in [1.29, 1.82) is 0 Å². The van der Waals surface area contributed by atoms with E-state index in [4.69, 9.17) is 1.37 Å². The normalized spacial score (nSPS) is 12.6. The highest BCUT2D eigenvalue weighted by molar-refractivity contribution is 5.90. The molecule has 0 aliphatic rings. The van der Waals surface area contributed by atoms with E-state index in [-0.39, 0.29) is 5.70 Å². The molecule has 0 aliphatic heterocycles. The van der Waals surface area contributed by atoms with Gasteiger partial charge >= 0.3 is 0 Å². The zero-order chi connectivity index (χ0) is 12.4. The number of nitro groups is 1. The summed E-state index contributed by atoms with van der Waals surface area (Å²) < 4.78 is 7.82. The van der Waals surface area contributed by atoms with Crippen molar-refractivity contribution in [2.75, 3.05) is 0 Å². The minimum atomic E-state index is -0.443. The van der Waals surface area contributed by atoms with Gasteiger partial charge in [-0.3, -0.25) is 10.1 Å². The van der Waals surface area contributed by atoms with Crippen molar-refractivity contribution < 1.29 is 6.29 Å². The third-order valence-electron chi connectivity index (χ3n) is 2.39. The molecule has 80 valence electrons. The highest BCUT2D eigenvalue weighted by atomic mass is 16.6. The fraction of sp³-hybridized carbons (Fsp3) is 0.0769. The topological polar surface area (TPSA) is 43.1 Å². The van der Waals surface area contributed by atoms with Crippen LogP contribution in [0.3, 0.4) is 0 Å². The lowest BCUT2D eigenvalue weighted by molar-refractivity contribution is -0.422. The summed E-state index contributed by atoms with van der Waals surface area (Å²) >= 11 is 0. The Morgan fingerprint density at radius 2 is 2.06 bits per heavy atom. The molecule has 16 heavy (non-hydrogen) atoms. The van der Waals surface area contributed by atoms with Gasteiger partial charge in [-0.15, -0.1) is 0 Å². The van der Waals surface area contributed by atoms with Gasteiger partial charge in [-0.25, -0.2) is 0 Å². The SMILES string of the molecule is [2H]c1ccc2ccccc2c1C=C(C)[N+](=O)[O-]. The highest BCUT2D eigenvalue weighted by Gasteiger charge is 2.04. The van der Waals surface area contributed by atoms with Gasteiger partial charge in [0.2, 0.25) is 5.70 Å². The second kappa shape index (κ2) is 4.14. The Balaban J connectivity index is 2.71. The molecule has 0 radical (unpaired) electrons. The van der Waals surface area contributed by atoms with Gasteiger partial charge in [0.1, 0.15) is 0 Å². The number of hydrogen-bond donors (Lipinski definition) is 0. The summed E-state index contributed by atoms with van der Waals surface area (Å²) in [6, 6.07) is 11.4. The van der Waals surface area contributed by atoms with E-state index in [9.17, 15) is 10.1 Å². The summed E-state index contributed by atoms with van der Waals surface area (Å²) in [6.45, 7) is 1.43. The number of hydrogen-bond acceptors (Lipinski definition) is 2. The Bertz CT molecular complexity index is 620. The van der Waals surface area contributed by atoms with Gasteiger partial charge in [0.05, 0.1) is 6.29 Å². The molecule has 2 aromatic rings. The van der Waals surface area contributed by atoms with E-state index in [1.54, 1.807) is 6.07 Å². The van der Waals surface area contributed by atoms with Crippen LogP contribution in [0.25, 0.3) is 16.8 Å². The van der Waals surface area contributed by atoms with Crippen LogP contribution in [-0.2, 0) is 0 Å².